The van der Waals surface area contributed by atoms with Crippen molar-refractivity contribution in [1.29, 1.82) is 0 Å². The monoisotopic (exact) mass is 479 g/mol. The zero-order valence-electron chi connectivity index (χ0n) is 16.9. The first-order chi connectivity index (χ1) is 15.1. The minimum Gasteiger partial charge on any atom is -0.465 e. The molecule has 31 heavy (non-hydrogen) atoms. The summed E-state index contributed by atoms with van der Waals surface area (Å²) in [5, 5.41) is 9.06. The van der Waals surface area contributed by atoms with Gasteiger partial charge in [-0.2, -0.15) is 5.10 Å². The van der Waals surface area contributed by atoms with E-state index in [0.29, 0.717) is 22.5 Å². The van der Waals surface area contributed by atoms with E-state index in [0.717, 1.165) is 52.7 Å². The molecule has 5 nitrogen and oxygen atoms in total. The summed E-state index contributed by atoms with van der Waals surface area (Å²) in [5.41, 5.74) is 5.88. The molecule has 0 spiro atoms. The summed E-state index contributed by atoms with van der Waals surface area (Å²) >= 11 is 3.47. The quantitative estimate of drug-likeness (QED) is 0.357. The minimum atomic E-state index is -0.465. The fourth-order valence-corrected chi connectivity index (χ4v) is 4.58. The van der Waals surface area contributed by atoms with Crippen LogP contribution < -0.4 is 0 Å². The molecular formula is C24H19BrFN3O2. The number of carbonyl (C=O) groups is 1. The molecule has 0 N–H and O–H groups in total. The molecule has 0 atom stereocenters. The van der Waals surface area contributed by atoms with Crippen LogP contribution in [0.1, 0.15) is 34.6 Å². The van der Waals surface area contributed by atoms with E-state index in [9.17, 15) is 9.18 Å². The summed E-state index contributed by atoms with van der Waals surface area (Å²) in [6, 6.07) is 13.9. The summed E-state index contributed by atoms with van der Waals surface area (Å²) in [7, 11) is 1.37. The van der Waals surface area contributed by atoms with Gasteiger partial charge in [0, 0.05) is 15.7 Å². The maximum Gasteiger partial charge on any atom is 0.340 e. The molecule has 7 heteroatoms. The van der Waals surface area contributed by atoms with E-state index >= 15 is 0 Å². The number of aryl methyl sites for hydroxylation is 2. The molecule has 0 saturated heterocycles. The zero-order chi connectivity index (χ0) is 21.5. The number of fused-ring (bicyclic) bond motifs is 3. The number of nitrogens with zero attached hydrogens (tertiary/aromatic N) is 3. The predicted octanol–water partition coefficient (Wildman–Crippen LogP) is 5.63. The van der Waals surface area contributed by atoms with Gasteiger partial charge in [0.2, 0.25) is 0 Å². The van der Waals surface area contributed by atoms with E-state index in [1.165, 1.54) is 19.2 Å². The molecule has 1 aliphatic carbocycles. The Morgan fingerprint density at radius 2 is 1.68 bits per heavy atom. The lowest BCUT2D eigenvalue weighted by molar-refractivity contribution is 0.0602. The minimum absolute atomic E-state index is 0.334. The van der Waals surface area contributed by atoms with Crippen LogP contribution >= 0.6 is 15.9 Å². The van der Waals surface area contributed by atoms with Crippen LogP contribution in [0.25, 0.3) is 28.0 Å². The average molecular weight is 480 g/mol. The van der Waals surface area contributed by atoms with Crippen molar-refractivity contribution in [3.8, 4) is 22.4 Å². The summed E-state index contributed by atoms with van der Waals surface area (Å²) < 4.78 is 21.9. The molecule has 0 aliphatic heterocycles. The molecule has 5 rings (SSSR count). The van der Waals surface area contributed by atoms with Crippen molar-refractivity contribution in [2.45, 2.75) is 25.7 Å². The first-order valence-corrected chi connectivity index (χ1v) is 10.9. The van der Waals surface area contributed by atoms with Crippen LogP contribution in [0, 0.1) is 5.82 Å². The van der Waals surface area contributed by atoms with E-state index in [4.69, 9.17) is 4.74 Å². The average Bonchev–Trinajstić information content (AvgIpc) is 3.15. The molecule has 156 valence electrons. The number of esters is 1. The Balaban J connectivity index is 1.95. The molecule has 2 aromatic heterocycles. The zero-order valence-corrected chi connectivity index (χ0v) is 18.4. The largest absolute Gasteiger partial charge is 0.465 e. The van der Waals surface area contributed by atoms with Crippen molar-refractivity contribution < 1.29 is 13.9 Å². The molecular weight excluding hydrogens is 461 g/mol. The number of benzene rings is 2. The molecule has 0 unspecified atom stereocenters. The number of methoxy groups -OCH3 is 1. The number of halogens is 2. The van der Waals surface area contributed by atoms with Crippen LogP contribution in [0.4, 0.5) is 4.39 Å². The maximum atomic E-state index is 13.7. The van der Waals surface area contributed by atoms with Crippen LogP contribution in [0.2, 0.25) is 0 Å². The lowest BCUT2D eigenvalue weighted by Crippen LogP contribution is -2.13. The van der Waals surface area contributed by atoms with Crippen LogP contribution in [0.5, 0.6) is 0 Å². The lowest BCUT2D eigenvalue weighted by Gasteiger charge is -2.17. The molecule has 4 aromatic rings. The lowest BCUT2D eigenvalue weighted by atomic mass is 9.99. The van der Waals surface area contributed by atoms with Crippen molar-refractivity contribution >= 4 is 27.5 Å². The van der Waals surface area contributed by atoms with E-state index in [-0.39, 0.29) is 5.82 Å². The summed E-state index contributed by atoms with van der Waals surface area (Å²) in [4.78, 5) is 13.1. The van der Waals surface area contributed by atoms with Gasteiger partial charge in [-0.05, 0) is 73.2 Å². The highest BCUT2D eigenvalue weighted by Gasteiger charge is 2.30. The smallest absolute Gasteiger partial charge is 0.340 e. The second-order valence-electron chi connectivity index (χ2n) is 7.56. The van der Waals surface area contributed by atoms with Gasteiger partial charge >= 0.3 is 5.97 Å². The maximum absolute atomic E-state index is 13.7. The Kier molecular flexibility index (Phi) is 5.06. The summed E-state index contributed by atoms with van der Waals surface area (Å²) in [6.07, 6.45) is 3.78. The molecule has 0 amide bonds. The van der Waals surface area contributed by atoms with E-state index < -0.39 is 5.97 Å². The number of rotatable bonds is 3. The first kappa shape index (κ1) is 19.9. The third-order valence-corrected chi connectivity index (χ3v) is 6.26. The Bertz CT molecular complexity index is 1300. The number of hydrogen-bond donors (Lipinski definition) is 0. The van der Waals surface area contributed by atoms with E-state index in [1.54, 1.807) is 12.1 Å². The molecule has 2 aromatic carbocycles. The van der Waals surface area contributed by atoms with Crippen LogP contribution in [0.15, 0.2) is 53.0 Å². The van der Waals surface area contributed by atoms with Gasteiger partial charge in [-0.15, -0.1) is 5.10 Å². The Morgan fingerprint density at radius 1 is 1.00 bits per heavy atom. The van der Waals surface area contributed by atoms with E-state index in [1.807, 2.05) is 28.7 Å². The number of ether oxygens (including phenoxy) is 1. The van der Waals surface area contributed by atoms with Gasteiger partial charge in [0.25, 0.3) is 0 Å². The molecule has 0 fully saturated rings. The van der Waals surface area contributed by atoms with Crippen LogP contribution in [0.3, 0.4) is 0 Å². The third-order valence-electron chi connectivity index (χ3n) is 5.73. The summed E-state index contributed by atoms with van der Waals surface area (Å²) in [5.74, 6) is -0.800. The van der Waals surface area contributed by atoms with Gasteiger partial charge in [-0.3, -0.25) is 4.40 Å². The van der Waals surface area contributed by atoms with Crippen molar-refractivity contribution in [2.75, 3.05) is 7.11 Å². The predicted molar refractivity (Wildman–Crippen MR) is 119 cm³/mol. The Hall–Kier alpha value is -3.06. The van der Waals surface area contributed by atoms with Gasteiger partial charge in [-0.25, -0.2) is 9.18 Å². The standard InChI is InChI=1S/C24H19BrFN3O2/c1-31-24(30)21-20(14-6-10-16(25)11-7-14)23-28-27-18-4-2-3-5-19(18)29(23)22(21)15-8-12-17(26)13-9-15/h6-13H,2-5H2,1H3. The van der Waals surface area contributed by atoms with Crippen molar-refractivity contribution in [1.82, 2.24) is 14.6 Å². The molecule has 0 bridgehead atoms. The third kappa shape index (κ3) is 3.33. The molecule has 0 radical (unpaired) electrons. The Morgan fingerprint density at radius 3 is 2.39 bits per heavy atom. The van der Waals surface area contributed by atoms with Gasteiger partial charge in [-0.1, -0.05) is 28.1 Å². The van der Waals surface area contributed by atoms with Gasteiger partial charge in [0.15, 0.2) is 5.65 Å². The molecule has 2 heterocycles. The molecule has 0 saturated carbocycles. The number of carbonyl (C=O) groups excluding carboxylic acids is 1. The van der Waals surface area contributed by atoms with Crippen molar-refractivity contribution in [2.24, 2.45) is 0 Å². The summed E-state index contributed by atoms with van der Waals surface area (Å²) in [6.45, 7) is 0. The first-order valence-electron chi connectivity index (χ1n) is 10.1. The topological polar surface area (TPSA) is 56.5 Å². The highest BCUT2D eigenvalue weighted by atomic mass is 79.9. The highest BCUT2D eigenvalue weighted by Crippen LogP contribution is 2.40. The van der Waals surface area contributed by atoms with Crippen LogP contribution in [-0.2, 0) is 17.6 Å². The van der Waals surface area contributed by atoms with Crippen LogP contribution in [-0.4, -0.2) is 27.7 Å². The normalized spacial score (nSPS) is 13.3. The second kappa shape index (κ2) is 7.89. The van der Waals surface area contributed by atoms with Crippen molar-refractivity contribution in [3.05, 3.63) is 75.8 Å². The van der Waals surface area contributed by atoms with E-state index in [2.05, 4.69) is 26.1 Å². The van der Waals surface area contributed by atoms with Crippen molar-refractivity contribution in [3.63, 3.8) is 0 Å². The highest BCUT2D eigenvalue weighted by molar-refractivity contribution is 9.10. The van der Waals surface area contributed by atoms with Gasteiger partial charge in [0.1, 0.15) is 5.82 Å². The van der Waals surface area contributed by atoms with Gasteiger partial charge < -0.3 is 4.74 Å². The van der Waals surface area contributed by atoms with Gasteiger partial charge in [0.05, 0.1) is 24.1 Å². The Labute approximate surface area is 187 Å². The number of aromatic nitrogens is 3. The fourth-order valence-electron chi connectivity index (χ4n) is 4.32. The molecule has 1 aliphatic rings. The SMILES string of the molecule is COC(=O)c1c(-c2ccc(Br)cc2)c2nnc3c(n2c1-c1ccc(F)cc1)CCCC3. The second-order valence-corrected chi connectivity index (χ2v) is 8.48. The number of hydrogen-bond acceptors (Lipinski definition) is 4. The fraction of sp³-hybridized carbons (Fsp3) is 0.208.